The summed E-state index contributed by atoms with van der Waals surface area (Å²) in [6.07, 6.45) is 0.194. The number of aliphatic imine (C=N–C) groups is 1. The van der Waals surface area contributed by atoms with Crippen molar-refractivity contribution in [3.05, 3.63) is 0 Å². The summed E-state index contributed by atoms with van der Waals surface area (Å²) < 4.78 is 29.0. The maximum atomic E-state index is 12.4. The zero-order valence-electron chi connectivity index (χ0n) is 7.21. The Morgan fingerprint density at radius 1 is 1.69 bits per heavy atom. The van der Waals surface area contributed by atoms with Gasteiger partial charge in [-0.3, -0.25) is 0 Å². The standard InChI is InChI=1S/C7H9F2NO3/c1-7(8,9)3-5(10-4-11)6(12)13-2/h5H,3H2,1-2H3. The maximum absolute atomic E-state index is 12.4. The number of esters is 1. The fourth-order valence-electron chi connectivity index (χ4n) is 0.721. The second kappa shape index (κ2) is 4.67. The molecule has 4 nitrogen and oxygen atoms in total. The van der Waals surface area contributed by atoms with E-state index in [0.717, 1.165) is 13.2 Å². The Kier molecular flexibility index (Phi) is 4.20. The lowest BCUT2D eigenvalue weighted by atomic mass is 10.1. The lowest BCUT2D eigenvalue weighted by Gasteiger charge is -2.13. The number of hydrogen-bond acceptors (Lipinski definition) is 4. The van der Waals surface area contributed by atoms with Crippen molar-refractivity contribution in [3.63, 3.8) is 0 Å². The van der Waals surface area contributed by atoms with Crippen LogP contribution >= 0.6 is 0 Å². The molecule has 0 rings (SSSR count). The normalized spacial score (nSPS) is 12.9. The summed E-state index contributed by atoms with van der Waals surface area (Å²) in [5.41, 5.74) is 0. The van der Waals surface area contributed by atoms with E-state index in [1.807, 2.05) is 0 Å². The van der Waals surface area contributed by atoms with Crippen molar-refractivity contribution in [2.45, 2.75) is 25.3 Å². The fourth-order valence-corrected chi connectivity index (χ4v) is 0.721. The van der Waals surface area contributed by atoms with Crippen LogP contribution in [0.3, 0.4) is 0 Å². The first-order chi connectivity index (χ1) is 5.90. The predicted molar refractivity (Wildman–Crippen MR) is 39.2 cm³/mol. The van der Waals surface area contributed by atoms with Crippen LogP contribution in [0.2, 0.25) is 0 Å². The quantitative estimate of drug-likeness (QED) is 0.379. The molecule has 0 aromatic rings. The van der Waals surface area contributed by atoms with Crippen LogP contribution in [0.25, 0.3) is 0 Å². The molecule has 0 N–H and O–H groups in total. The first-order valence-electron chi connectivity index (χ1n) is 3.43. The van der Waals surface area contributed by atoms with Gasteiger partial charge >= 0.3 is 5.97 Å². The molecule has 0 aliphatic rings. The van der Waals surface area contributed by atoms with Gasteiger partial charge in [-0.2, -0.15) is 4.99 Å². The zero-order chi connectivity index (χ0) is 10.5. The Hall–Kier alpha value is -1.29. The average Bonchev–Trinajstić information content (AvgIpc) is 2.00. The fraction of sp³-hybridized carbons (Fsp3) is 0.714. The highest BCUT2D eigenvalue weighted by Gasteiger charge is 2.31. The van der Waals surface area contributed by atoms with Gasteiger partial charge in [0, 0.05) is 6.42 Å². The van der Waals surface area contributed by atoms with Crippen LogP contribution in [0.15, 0.2) is 4.99 Å². The summed E-state index contributed by atoms with van der Waals surface area (Å²) >= 11 is 0. The molecule has 0 aromatic heterocycles. The Bertz CT molecular complexity index is 230. The number of methoxy groups -OCH3 is 1. The number of carbonyl (C=O) groups is 1. The van der Waals surface area contributed by atoms with Crippen molar-refractivity contribution in [3.8, 4) is 0 Å². The molecular formula is C7H9F2NO3. The molecule has 0 saturated carbocycles. The highest BCUT2D eigenvalue weighted by Crippen LogP contribution is 2.20. The monoisotopic (exact) mass is 193 g/mol. The van der Waals surface area contributed by atoms with Crippen LogP contribution in [-0.2, 0) is 14.3 Å². The van der Waals surface area contributed by atoms with E-state index in [2.05, 4.69) is 9.73 Å². The van der Waals surface area contributed by atoms with E-state index >= 15 is 0 Å². The second-order valence-electron chi connectivity index (χ2n) is 2.53. The van der Waals surface area contributed by atoms with E-state index in [4.69, 9.17) is 0 Å². The molecule has 0 bridgehead atoms. The molecule has 13 heavy (non-hydrogen) atoms. The van der Waals surface area contributed by atoms with Gasteiger partial charge in [0.2, 0.25) is 12.0 Å². The van der Waals surface area contributed by atoms with Gasteiger partial charge in [0.25, 0.3) is 0 Å². The third-order valence-electron chi connectivity index (χ3n) is 1.23. The molecule has 1 atom stereocenters. The lowest BCUT2D eigenvalue weighted by Crippen LogP contribution is -2.27. The third-order valence-corrected chi connectivity index (χ3v) is 1.23. The van der Waals surface area contributed by atoms with E-state index in [1.54, 1.807) is 0 Å². The third kappa shape index (κ3) is 5.03. The Balaban J connectivity index is 4.44. The molecule has 74 valence electrons. The molecule has 0 aliphatic carbocycles. The minimum Gasteiger partial charge on any atom is -0.467 e. The molecule has 0 radical (unpaired) electrons. The summed E-state index contributed by atoms with van der Waals surface area (Å²) in [4.78, 5) is 23.4. The predicted octanol–water partition coefficient (Wildman–Crippen LogP) is 0.909. The van der Waals surface area contributed by atoms with Crippen molar-refractivity contribution < 1.29 is 23.1 Å². The summed E-state index contributed by atoms with van der Waals surface area (Å²) in [6, 6.07) is -1.47. The summed E-state index contributed by atoms with van der Waals surface area (Å²) in [7, 11) is 1.03. The smallest absolute Gasteiger partial charge is 0.331 e. The van der Waals surface area contributed by atoms with Crippen molar-refractivity contribution in [1.29, 1.82) is 0 Å². The van der Waals surface area contributed by atoms with E-state index in [0.29, 0.717) is 6.92 Å². The van der Waals surface area contributed by atoms with E-state index in [-0.39, 0.29) is 0 Å². The number of isocyanates is 1. The molecule has 6 heteroatoms. The van der Waals surface area contributed by atoms with Gasteiger partial charge in [0.15, 0.2) is 6.04 Å². The van der Waals surface area contributed by atoms with E-state index < -0.39 is 24.4 Å². The molecular weight excluding hydrogens is 184 g/mol. The number of rotatable bonds is 4. The number of halogens is 2. The topological polar surface area (TPSA) is 55.7 Å². The van der Waals surface area contributed by atoms with Gasteiger partial charge in [-0.25, -0.2) is 18.4 Å². The first kappa shape index (κ1) is 11.7. The Labute approximate surface area is 73.6 Å². The van der Waals surface area contributed by atoms with Gasteiger partial charge in [-0.15, -0.1) is 0 Å². The molecule has 0 amide bonds. The molecule has 0 fully saturated rings. The van der Waals surface area contributed by atoms with Crippen LogP contribution < -0.4 is 0 Å². The molecule has 0 aromatic carbocycles. The average molecular weight is 193 g/mol. The van der Waals surface area contributed by atoms with Crippen molar-refractivity contribution in [2.24, 2.45) is 4.99 Å². The van der Waals surface area contributed by atoms with Gasteiger partial charge in [-0.05, 0) is 6.92 Å². The number of alkyl halides is 2. The van der Waals surface area contributed by atoms with Crippen LogP contribution in [-0.4, -0.2) is 31.1 Å². The number of nitrogens with zero attached hydrogens (tertiary/aromatic N) is 1. The van der Waals surface area contributed by atoms with Gasteiger partial charge in [-0.1, -0.05) is 0 Å². The molecule has 0 spiro atoms. The SMILES string of the molecule is COC(=O)C(CC(C)(F)F)N=C=O. The minimum atomic E-state index is -3.07. The minimum absolute atomic E-state index is 0.628. The largest absolute Gasteiger partial charge is 0.467 e. The van der Waals surface area contributed by atoms with Gasteiger partial charge in [0.1, 0.15) is 0 Å². The summed E-state index contributed by atoms with van der Waals surface area (Å²) in [5, 5.41) is 0. The number of carbonyl (C=O) groups excluding carboxylic acids is 2. The van der Waals surface area contributed by atoms with Crippen molar-refractivity contribution in [2.75, 3.05) is 7.11 Å². The van der Waals surface area contributed by atoms with Crippen LogP contribution in [0, 0.1) is 0 Å². The molecule has 0 aliphatic heterocycles. The number of ether oxygens (including phenoxy) is 1. The van der Waals surface area contributed by atoms with Crippen LogP contribution in [0.5, 0.6) is 0 Å². The maximum Gasteiger partial charge on any atom is 0.331 e. The second-order valence-corrected chi connectivity index (χ2v) is 2.53. The number of hydrogen-bond donors (Lipinski definition) is 0. The lowest BCUT2D eigenvalue weighted by molar-refractivity contribution is -0.144. The molecule has 1 unspecified atom stereocenters. The van der Waals surface area contributed by atoms with Crippen LogP contribution in [0.1, 0.15) is 13.3 Å². The molecule has 0 saturated heterocycles. The van der Waals surface area contributed by atoms with Crippen molar-refractivity contribution in [1.82, 2.24) is 0 Å². The molecule has 0 heterocycles. The summed E-state index contributed by atoms with van der Waals surface area (Å²) in [5.74, 6) is -4.04. The Morgan fingerprint density at radius 2 is 2.23 bits per heavy atom. The zero-order valence-corrected chi connectivity index (χ0v) is 7.21. The van der Waals surface area contributed by atoms with Gasteiger partial charge < -0.3 is 4.74 Å². The highest BCUT2D eigenvalue weighted by molar-refractivity contribution is 5.76. The summed E-state index contributed by atoms with van der Waals surface area (Å²) in [6.45, 7) is 0.628. The highest BCUT2D eigenvalue weighted by atomic mass is 19.3. The first-order valence-corrected chi connectivity index (χ1v) is 3.43. The Morgan fingerprint density at radius 3 is 2.54 bits per heavy atom. The van der Waals surface area contributed by atoms with E-state index in [9.17, 15) is 18.4 Å². The van der Waals surface area contributed by atoms with Crippen LogP contribution in [0.4, 0.5) is 8.78 Å². The van der Waals surface area contributed by atoms with Gasteiger partial charge in [0.05, 0.1) is 7.11 Å². The van der Waals surface area contributed by atoms with Crippen molar-refractivity contribution >= 4 is 12.0 Å². The van der Waals surface area contributed by atoms with E-state index in [1.165, 1.54) is 0 Å².